The van der Waals surface area contributed by atoms with E-state index in [0.717, 1.165) is 30.5 Å². The van der Waals surface area contributed by atoms with Crippen molar-refractivity contribution in [2.75, 3.05) is 18.8 Å². The molecule has 4 rings (SSSR count). The molecule has 1 unspecified atom stereocenters. The molecule has 1 aromatic carbocycles. The van der Waals surface area contributed by atoms with Crippen LogP contribution in [0.25, 0.3) is 22.4 Å². The van der Waals surface area contributed by atoms with Crippen LogP contribution in [0.5, 0.6) is 0 Å². The number of nitrogens with one attached hydrogen (secondary N) is 2. The Morgan fingerprint density at radius 3 is 2.93 bits per heavy atom. The lowest BCUT2D eigenvalue weighted by Crippen LogP contribution is -2.46. The number of rotatable bonds is 4. The Morgan fingerprint density at radius 1 is 1.34 bits per heavy atom. The largest absolute Gasteiger partial charge is 0.382 e. The summed E-state index contributed by atoms with van der Waals surface area (Å²) < 4.78 is 16.2. The Hall–Kier alpha value is -3.33. The van der Waals surface area contributed by atoms with E-state index < -0.39 is 11.7 Å². The van der Waals surface area contributed by atoms with Crippen LogP contribution in [0, 0.1) is 5.82 Å². The van der Waals surface area contributed by atoms with Gasteiger partial charge < -0.3 is 16.4 Å². The molecule has 1 fully saturated rings. The fraction of sp³-hybridized carbons (Fsp3) is 0.300. The van der Waals surface area contributed by atoms with Crippen molar-refractivity contribution in [1.82, 2.24) is 30.4 Å². The van der Waals surface area contributed by atoms with Crippen molar-refractivity contribution in [2.45, 2.75) is 18.9 Å². The van der Waals surface area contributed by atoms with E-state index in [2.05, 4.69) is 25.7 Å². The van der Waals surface area contributed by atoms with Crippen LogP contribution < -0.4 is 16.4 Å². The van der Waals surface area contributed by atoms with Crippen molar-refractivity contribution >= 4 is 11.7 Å². The van der Waals surface area contributed by atoms with E-state index in [1.54, 1.807) is 23.0 Å². The zero-order chi connectivity index (χ0) is 20.4. The van der Waals surface area contributed by atoms with Gasteiger partial charge in [-0.2, -0.15) is 5.10 Å². The highest BCUT2D eigenvalue weighted by Crippen LogP contribution is 2.28. The smallest absolute Gasteiger partial charge is 0.274 e. The number of carbonyl (C=O) groups excluding carboxylic acids is 1. The maximum absolute atomic E-state index is 14.6. The number of aromatic nitrogens is 4. The van der Waals surface area contributed by atoms with E-state index >= 15 is 0 Å². The highest BCUT2D eigenvalue weighted by Gasteiger charge is 2.21. The summed E-state index contributed by atoms with van der Waals surface area (Å²) in [4.78, 5) is 21.1. The number of amides is 1. The topological polar surface area (TPSA) is 111 Å². The van der Waals surface area contributed by atoms with Gasteiger partial charge in [-0.1, -0.05) is 6.07 Å². The molecule has 9 heteroatoms. The first-order valence-corrected chi connectivity index (χ1v) is 9.44. The van der Waals surface area contributed by atoms with Crippen LogP contribution in [-0.4, -0.2) is 44.8 Å². The fourth-order valence-corrected chi connectivity index (χ4v) is 3.40. The number of anilines is 1. The van der Waals surface area contributed by atoms with Gasteiger partial charge in [0.25, 0.3) is 5.91 Å². The molecule has 0 spiro atoms. The van der Waals surface area contributed by atoms with Crippen LogP contribution in [0.15, 0.2) is 36.8 Å². The Morgan fingerprint density at radius 2 is 2.21 bits per heavy atom. The first kappa shape index (κ1) is 19.0. The third kappa shape index (κ3) is 4.09. The van der Waals surface area contributed by atoms with Crippen molar-refractivity contribution in [3.8, 4) is 22.4 Å². The molecule has 1 saturated heterocycles. The van der Waals surface area contributed by atoms with Crippen molar-refractivity contribution in [3.05, 3.63) is 48.3 Å². The van der Waals surface area contributed by atoms with E-state index in [4.69, 9.17) is 5.73 Å². The number of nitrogens with two attached hydrogens (primary N) is 1. The molecule has 150 valence electrons. The molecular weight excluding hydrogens is 373 g/mol. The van der Waals surface area contributed by atoms with E-state index in [0.29, 0.717) is 6.54 Å². The van der Waals surface area contributed by atoms with Gasteiger partial charge >= 0.3 is 0 Å². The van der Waals surface area contributed by atoms with E-state index in [9.17, 15) is 9.18 Å². The molecule has 4 N–H and O–H groups in total. The minimum absolute atomic E-state index is 0.000690. The minimum atomic E-state index is -0.459. The molecule has 8 nitrogen and oxygen atoms in total. The van der Waals surface area contributed by atoms with Crippen LogP contribution in [0.4, 0.5) is 10.2 Å². The van der Waals surface area contributed by atoms with Crippen molar-refractivity contribution in [3.63, 3.8) is 0 Å². The summed E-state index contributed by atoms with van der Waals surface area (Å²) in [6, 6.07) is 4.71. The van der Waals surface area contributed by atoms with Gasteiger partial charge in [0.2, 0.25) is 0 Å². The van der Waals surface area contributed by atoms with Gasteiger partial charge in [0.05, 0.1) is 18.1 Å². The average Bonchev–Trinajstić information content (AvgIpc) is 3.16. The number of halogens is 1. The molecule has 3 heterocycles. The molecule has 2 aromatic heterocycles. The number of carbonyl (C=O) groups is 1. The van der Waals surface area contributed by atoms with Gasteiger partial charge in [0.1, 0.15) is 5.82 Å². The van der Waals surface area contributed by atoms with E-state index in [1.807, 2.05) is 13.2 Å². The summed E-state index contributed by atoms with van der Waals surface area (Å²) in [7, 11) is 1.81. The summed E-state index contributed by atoms with van der Waals surface area (Å²) in [6.45, 7) is 1.64. The van der Waals surface area contributed by atoms with Crippen LogP contribution in [0.2, 0.25) is 0 Å². The third-order valence-electron chi connectivity index (χ3n) is 4.93. The van der Waals surface area contributed by atoms with Crippen molar-refractivity contribution in [1.29, 1.82) is 0 Å². The number of piperidine rings is 1. The van der Waals surface area contributed by atoms with Crippen molar-refractivity contribution < 1.29 is 9.18 Å². The number of hydrogen-bond acceptors (Lipinski definition) is 6. The highest BCUT2D eigenvalue weighted by molar-refractivity contribution is 5.97. The average molecular weight is 395 g/mol. The Kier molecular flexibility index (Phi) is 5.22. The number of nitrogen functional groups attached to an aromatic ring is 1. The monoisotopic (exact) mass is 395 g/mol. The van der Waals surface area contributed by atoms with Gasteiger partial charge in [0, 0.05) is 37.0 Å². The zero-order valence-corrected chi connectivity index (χ0v) is 16.0. The zero-order valence-electron chi connectivity index (χ0n) is 16.0. The van der Waals surface area contributed by atoms with Crippen LogP contribution in [0.3, 0.4) is 0 Å². The molecule has 1 amide bonds. The fourth-order valence-electron chi connectivity index (χ4n) is 3.40. The molecule has 0 radical (unpaired) electrons. The summed E-state index contributed by atoms with van der Waals surface area (Å²) in [5.74, 6) is -0.854. The maximum atomic E-state index is 14.6. The maximum Gasteiger partial charge on any atom is 0.274 e. The second kappa shape index (κ2) is 7.96. The SMILES string of the molecule is Cn1cc(-c2ccc(F)c(-c3cnc(N)c(C(=O)NC4CCCNC4)n3)c2)cn1. The number of hydrogen-bond donors (Lipinski definition) is 3. The third-order valence-corrected chi connectivity index (χ3v) is 4.93. The molecule has 1 aliphatic rings. The van der Waals surface area contributed by atoms with Gasteiger partial charge in [-0.3, -0.25) is 9.48 Å². The molecule has 0 bridgehead atoms. The molecule has 0 aliphatic carbocycles. The number of nitrogens with zero attached hydrogens (tertiary/aromatic N) is 4. The van der Waals surface area contributed by atoms with Crippen LogP contribution in [-0.2, 0) is 7.05 Å². The lowest BCUT2D eigenvalue weighted by Gasteiger charge is -2.23. The lowest BCUT2D eigenvalue weighted by atomic mass is 10.0. The molecule has 1 aliphatic heterocycles. The van der Waals surface area contributed by atoms with Gasteiger partial charge in [-0.25, -0.2) is 14.4 Å². The standard InChI is InChI=1S/C20H22FN7O/c1-28-11-13(8-25-28)12-4-5-16(21)15(7-12)17-10-24-19(22)18(27-17)20(29)26-14-3-2-6-23-9-14/h4-5,7-8,10-11,14,23H,2-3,6,9H2,1H3,(H2,22,24)(H,26,29). The highest BCUT2D eigenvalue weighted by atomic mass is 19.1. The van der Waals surface area contributed by atoms with Crippen molar-refractivity contribution in [2.24, 2.45) is 7.05 Å². The first-order chi connectivity index (χ1) is 14.0. The molecule has 1 atom stereocenters. The first-order valence-electron chi connectivity index (χ1n) is 9.44. The number of benzene rings is 1. The van der Waals surface area contributed by atoms with E-state index in [-0.39, 0.29) is 28.8 Å². The van der Waals surface area contributed by atoms with Gasteiger partial charge in [0.15, 0.2) is 11.5 Å². The minimum Gasteiger partial charge on any atom is -0.382 e. The lowest BCUT2D eigenvalue weighted by molar-refractivity contribution is 0.0926. The van der Waals surface area contributed by atoms with E-state index in [1.165, 1.54) is 12.3 Å². The Balaban J connectivity index is 1.65. The molecule has 0 saturated carbocycles. The summed E-state index contributed by atoms with van der Waals surface area (Å²) >= 11 is 0. The molecule has 3 aromatic rings. The summed E-state index contributed by atoms with van der Waals surface area (Å²) in [6.07, 6.45) is 6.78. The molecule has 29 heavy (non-hydrogen) atoms. The number of aryl methyl sites for hydroxylation is 1. The van der Waals surface area contributed by atoms with Gasteiger partial charge in [-0.05, 0) is 37.1 Å². The predicted molar refractivity (Wildman–Crippen MR) is 107 cm³/mol. The Bertz CT molecular complexity index is 1040. The predicted octanol–water partition coefficient (Wildman–Crippen LogP) is 1.75. The van der Waals surface area contributed by atoms with Crippen LogP contribution >= 0.6 is 0 Å². The molecular formula is C20H22FN7O. The summed E-state index contributed by atoms with van der Waals surface area (Å²) in [5.41, 5.74) is 8.00. The summed E-state index contributed by atoms with van der Waals surface area (Å²) in [5, 5.41) is 10.3. The Labute approximate surface area is 167 Å². The van der Waals surface area contributed by atoms with Gasteiger partial charge in [-0.15, -0.1) is 0 Å². The quantitative estimate of drug-likeness (QED) is 0.621. The normalized spacial score (nSPS) is 16.6. The second-order valence-corrected chi connectivity index (χ2v) is 7.10. The van der Waals surface area contributed by atoms with Crippen LogP contribution in [0.1, 0.15) is 23.3 Å². The second-order valence-electron chi connectivity index (χ2n) is 7.10.